The highest BCUT2D eigenvalue weighted by atomic mass is 32.2. The van der Waals surface area contributed by atoms with Crippen LogP contribution in [0.3, 0.4) is 0 Å². The summed E-state index contributed by atoms with van der Waals surface area (Å²) in [5.41, 5.74) is 1.95. The summed E-state index contributed by atoms with van der Waals surface area (Å²) in [7, 11) is -1.58. The molecular formula is C32H38N4O6S. The molecule has 0 aliphatic carbocycles. The minimum Gasteiger partial charge on any atom is -0.497 e. The van der Waals surface area contributed by atoms with E-state index in [-0.39, 0.29) is 28.9 Å². The van der Waals surface area contributed by atoms with Gasteiger partial charge in [0.2, 0.25) is 0 Å². The lowest BCUT2D eigenvalue weighted by molar-refractivity contribution is 0.0589. The van der Waals surface area contributed by atoms with Crippen LogP contribution in [0.4, 0.5) is 0 Å². The van der Waals surface area contributed by atoms with Crippen molar-refractivity contribution in [2.24, 2.45) is 0 Å². The number of rotatable bonds is 9. The van der Waals surface area contributed by atoms with E-state index < -0.39 is 9.84 Å². The van der Waals surface area contributed by atoms with Crippen molar-refractivity contribution >= 4 is 21.7 Å². The van der Waals surface area contributed by atoms with Crippen LogP contribution in [0.2, 0.25) is 0 Å². The van der Waals surface area contributed by atoms with Crippen molar-refractivity contribution in [3.05, 3.63) is 83.7 Å². The number of nitrogens with zero attached hydrogens (tertiary/aromatic N) is 3. The molecule has 2 aromatic carbocycles. The van der Waals surface area contributed by atoms with Crippen LogP contribution in [0.1, 0.15) is 52.1 Å². The Morgan fingerprint density at radius 1 is 0.930 bits per heavy atom. The first-order valence-corrected chi connectivity index (χ1v) is 16.5. The van der Waals surface area contributed by atoms with E-state index in [0.717, 1.165) is 38.2 Å². The molecule has 11 heteroatoms. The first-order chi connectivity index (χ1) is 20.7. The Labute approximate surface area is 252 Å². The van der Waals surface area contributed by atoms with Crippen LogP contribution in [0.25, 0.3) is 0 Å². The quantitative estimate of drug-likeness (QED) is 0.393. The zero-order valence-electron chi connectivity index (χ0n) is 24.6. The fourth-order valence-electron chi connectivity index (χ4n) is 5.48. The molecular weight excluding hydrogens is 568 g/mol. The normalized spacial score (nSPS) is 16.9. The molecule has 2 aliphatic heterocycles. The van der Waals surface area contributed by atoms with Gasteiger partial charge in [0, 0.05) is 64.1 Å². The molecule has 0 spiro atoms. The van der Waals surface area contributed by atoms with E-state index in [1.807, 2.05) is 12.1 Å². The number of carbonyl (C=O) groups excluding carboxylic acids is 2. The van der Waals surface area contributed by atoms with Crippen molar-refractivity contribution in [1.82, 2.24) is 20.1 Å². The second-order valence-electron chi connectivity index (χ2n) is 11.2. The number of nitrogens with one attached hydrogen (secondary N) is 1. The van der Waals surface area contributed by atoms with E-state index in [1.54, 1.807) is 36.3 Å². The molecule has 228 valence electrons. The third-order valence-electron chi connectivity index (χ3n) is 7.99. The summed E-state index contributed by atoms with van der Waals surface area (Å²) in [6.45, 7) is 3.68. The number of piperidine rings is 2. The lowest BCUT2D eigenvalue weighted by atomic mass is 10.0. The second kappa shape index (κ2) is 13.6. The maximum atomic E-state index is 13.0. The molecule has 2 fully saturated rings. The molecule has 2 saturated heterocycles. The molecule has 0 unspecified atom stereocenters. The lowest BCUT2D eigenvalue weighted by Gasteiger charge is -2.32. The largest absolute Gasteiger partial charge is 0.497 e. The maximum Gasteiger partial charge on any atom is 0.272 e. The van der Waals surface area contributed by atoms with Crippen LogP contribution in [0.15, 0.2) is 71.8 Å². The number of hydrogen-bond donors (Lipinski definition) is 1. The van der Waals surface area contributed by atoms with Crippen molar-refractivity contribution in [3.63, 3.8) is 0 Å². The molecule has 10 nitrogen and oxygen atoms in total. The number of amides is 2. The minimum atomic E-state index is -3.26. The van der Waals surface area contributed by atoms with Gasteiger partial charge in [-0.05, 0) is 66.9 Å². The fraction of sp³-hybridized carbons (Fsp3) is 0.406. The van der Waals surface area contributed by atoms with E-state index in [2.05, 4.69) is 27.3 Å². The lowest BCUT2D eigenvalue weighted by Crippen LogP contribution is -2.44. The van der Waals surface area contributed by atoms with Gasteiger partial charge in [0.25, 0.3) is 11.8 Å². The number of carbonyl (C=O) groups is 2. The highest BCUT2D eigenvalue weighted by Gasteiger charge is 2.26. The van der Waals surface area contributed by atoms with Gasteiger partial charge in [-0.2, -0.15) is 0 Å². The number of sulfone groups is 1. The maximum absolute atomic E-state index is 13.0. The molecule has 0 saturated carbocycles. The van der Waals surface area contributed by atoms with Crippen LogP contribution in [-0.4, -0.2) is 86.7 Å². The summed E-state index contributed by atoms with van der Waals surface area (Å²) in [6, 6.07) is 17.8. The van der Waals surface area contributed by atoms with Crippen molar-refractivity contribution in [2.45, 2.75) is 49.3 Å². The summed E-state index contributed by atoms with van der Waals surface area (Å²) >= 11 is 0. The molecule has 1 aromatic heterocycles. The molecule has 5 rings (SSSR count). The van der Waals surface area contributed by atoms with Crippen molar-refractivity contribution in [1.29, 1.82) is 0 Å². The molecule has 0 bridgehead atoms. The molecule has 1 N–H and O–H groups in total. The SMILES string of the molecule is COc1cccc(CN2CCC(NC(=O)c3ccc(C(=O)N4CCC(Oc5ccc(S(C)(=O)=O)cc5)CC4)nc3)CC2)c1. The van der Waals surface area contributed by atoms with Gasteiger partial charge in [0.15, 0.2) is 9.84 Å². The number of methoxy groups -OCH3 is 1. The van der Waals surface area contributed by atoms with E-state index in [4.69, 9.17) is 9.47 Å². The molecule has 3 aromatic rings. The van der Waals surface area contributed by atoms with Crippen LogP contribution >= 0.6 is 0 Å². The minimum absolute atomic E-state index is 0.0686. The Bertz CT molecular complexity index is 1510. The van der Waals surface area contributed by atoms with Crippen molar-refractivity contribution in [2.75, 3.05) is 39.5 Å². The van der Waals surface area contributed by atoms with Gasteiger partial charge in [-0.3, -0.25) is 19.5 Å². The Balaban J connectivity index is 1.05. The number of aromatic nitrogens is 1. The average molecular weight is 607 g/mol. The molecule has 2 aliphatic rings. The highest BCUT2D eigenvalue weighted by molar-refractivity contribution is 7.90. The van der Waals surface area contributed by atoms with Crippen LogP contribution in [-0.2, 0) is 16.4 Å². The molecule has 0 atom stereocenters. The van der Waals surface area contributed by atoms with Gasteiger partial charge < -0.3 is 19.7 Å². The van der Waals surface area contributed by atoms with Gasteiger partial charge >= 0.3 is 0 Å². The van der Waals surface area contributed by atoms with Gasteiger partial charge in [-0.15, -0.1) is 0 Å². The van der Waals surface area contributed by atoms with Crippen LogP contribution < -0.4 is 14.8 Å². The number of likely N-dealkylation sites (tertiary alicyclic amines) is 2. The Morgan fingerprint density at radius 3 is 2.28 bits per heavy atom. The van der Waals surface area contributed by atoms with E-state index in [0.29, 0.717) is 42.9 Å². The first-order valence-electron chi connectivity index (χ1n) is 14.6. The zero-order valence-corrected chi connectivity index (χ0v) is 25.4. The summed E-state index contributed by atoms with van der Waals surface area (Å²) in [5.74, 6) is 1.10. The number of hydrogen-bond acceptors (Lipinski definition) is 8. The predicted octanol–water partition coefficient (Wildman–Crippen LogP) is 3.57. The Kier molecular flexibility index (Phi) is 9.62. The second-order valence-corrected chi connectivity index (χ2v) is 13.2. The third kappa shape index (κ3) is 8.11. The van der Waals surface area contributed by atoms with Gasteiger partial charge in [0.1, 0.15) is 23.3 Å². The number of pyridine rings is 1. The Morgan fingerprint density at radius 2 is 1.65 bits per heavy atom. The predicted molar refractivity (Wildman–Crippen MR) is 162 cm³/mol. The van der Waals surface area contributed by atoms with Crippen molar-refractivity contribution < 1.29 is 27.5 Å². The van der Waals surface area contributed by atoms with Crippen LogP contribution in [0, 0.1) is 0 Å². The summed E-state index contributed by atoms with van der Waals surface area (Å²) in [4.78, 5) is 34.6. The van der Waals surface area contributed by atoms with Gasteiger partial charge in [-0.25, -0.2) is 8.42 Å². The van der Waals surface area contributed by atoms with Gasteiger partial charge in [0.05, 0.1) is 17.6 Å². The van der Waals surface area contributed by atoms with Crippen LogP contribution in [0.5, 0.6) is 11.5 Å². The number of ether oxygens (including phenoxy) is 2. The molecule has 43 heavy (non-hydrogen) atoms. The molecule has 3 heterocycles. The topological polar surface area (TPSA) is 118 Å². The molecule has 0 radical (unpaired) electrons. The summed E-state index contributed by atoms with van der Waals surface area (Å²) < 4.78 is 34.6. The van der Waals surface area contributed by atoms with E-state index in [9.17, 15) is 18.0 Å². The van der Waals surface area contributed by atoms with E-state index in [1.165, 1.54) is 30.1 Å². The Hall–Kier alpha value is -3.96. The van der Waals surface area contributed by atoms with Gasteiger partial charge in [-0.1, -0.05) is 12.1 Å². The monoisotopic (exact) mass is 606 g/mol. The smallest absolute Gasteiger partial charge is 0.272 e. The first kappa shape index (κ1) is 30.5. The van der Waals surface area contributed by atoms with E-state index >= 15 is 0 Å². The zero-order chi connectivity index (χ0) is 30.4. The molecule has 2 amide bonds. The fourth-order valence-corrected chi connectivity index (χ4v) is 6.11. The highest BCUT2D eigenvalue weighted by Crippen LogP contribution is 2.22. The number of benzene rings is 2. The van der Waals surface area contributed by atoms with Crippen molar-refractivity contribution in [3.8, 4) is 11.5 Å². The summed E-state index contributed by atoms with van der Waals surface area (Å²) in [5, 5.41) is 3.12. The third-order valence-corrected chi connectivity index (χ3v) is 9.12. The average Bonchev–Trinajstić information content (AvgIpc) is 3.02. The standard InChI is InChI=1S/C32H38N4O6S/c1-41-28-5-3-4-23(20-28)22-35-16-12-25(13-17-35)34-31(37)24-6-11-30(33-21-24)32(38)36-18-14-27(15-19-36)42-26-7-9-29(10-8-26)43(2,39)40/h3-11,20-21,25,27H,12-19,22H2,1-2H3,(H,34,37). The summed E-state index contributed by atoms with van der Waals surface area (Å²) in [6.07, 6.45) is 5.61.